The molecule has 2 rings (SSSR count). The lowest BCUT2D eigenvalue weighted by molar-refractivity contribution is -0.126. The summed E-state index contributed by atoms with van der Waals surface area (Å²) in [5.74, 6) is -0.0110. The molecule has 118 valence electrons. The fourth-order valence-electron chi connectivity index (χ4n) is 2.02. The van der Waals surface area contributed by atoms with E-state index >= 15 is 0 Å². The smallest absolute Gasteiger partial charge is 0.239 e. The Bertz CT molecular complexity index is 419. The molecule has 1 unspecified atom stereocenters. The zero-order valence-corrected chi connectivity index (χ0v) is 13.1. The molecule has 21 heavy (non-hydrogen) atoms. The van der Waals surface area contributed by atoms with Gasteiger partial charge in [0.1, 0.15) is 6.04 Å². The van der Waals surface area contributed by atoms with Gasteiger partial charge in [-0.2, -0.15) is 0 Å². The number of rotatable bonds is 6. The monoisotopic (exact) mass is 314 g/mol. The molecule has 1 fully saturated rings. The van der Waals surface area contributed by atoms with Crippen molar-refractivity contribution in [3.05, 3.63) is 35.4 Å². The van der Waals surface area contributed by atoms with Crippen LogP contribution in [-0.2, 0) is 27.4 Å². The molecule has 1 aromatic carbocycles. The molecule has 1 aliphatic heterocycles. The van der Waals surface area contributed by atoms with Gasteiger partial charge in [-0.25, -0.2) is 0 Å². The van der Waals surface area contributed by atoms with E-state index in [0.29, 0.717) is 33.0 Å². The molecule has 2 N–H and O–H groups in total. The van der Waals surface area contributed by atoms with Crippen LogP contribution in [0.25, 0.3) is 0 Å². The van der Waals surface area contributed by atoms with Crippen LogP contribution in [0.1, 0.15) is 18.1 Å². The summed E-state index contributed by atoms with van der Waals surface area (Å²) in [5.41, 5.74) is 2.22. The number of morpholine rings is 1. The van der Waals surface area contributed by atoms with Crippen LogP contribution in [0.15, 0.2) is 24.3 Å². The summed E-state index contributed by atoms with van der Waals surface area (Å²) in [6.45, 7) is 5.70. The van der Waals surface area contributed by atoms with Crippen LogP contribution in [0.5, 0.6) is 0 Å². The van der Waals surface area contributed by atoms with Crippen molar-refractivity contribution in [1.29, 1.82) is 0 Å². The maximum Gasteiger partial charge on any atom is 0.239 e. The van der Waals surface area contributed by atoms with Gasteiger partial charge in [-0.1, -0.05) is 24.3 Å². The average Bonchev–Trinajstić information content (AvgIpc) is 2.52. The van der Waals surface area contributed by atoms with Crippen molar-refractivity contribution < 1.29 is 14.3 Å². The predicted molar refractivity (Wildman–Crippen MR) is 83.5 cm³/mol. The van der Waals surface area contributed by atoms with Gasteiger partial charge in [0.2, 0.25) is 5.91 Å². The highest BCUT2D eigenvalue weighted by molar-refractivity contribution is 5.85. The molecule has 1 aliphatic rings. The van der Waals surface area contributed by atoms with Crippen LogP contribution in [0, 0.1) is 0 Å². The number of benzene rings is 1. The minimum atomic E-state index is -0.235. The summed E-state index contributed by atoms with van der Waals surface area (Å²) >= 11 is 0. The molecular weight excluding hydrogens is 292 g/mol. The second kappa shape index (κ2) is 9.73. The second-order valence-electron chi connectivity index (χ2n) is 4.75. The zero-order chi connectivity index (χ0) is 14.2. The maximum absolute atomic E-state index is 11.9. The van der Waals surface area contributed by atoms with Gasteiger partial charge in [-0.15, -0.1) is 12.4 Å². The van der Waals surface area contributed by atoms with Gasteiger partial charge in [0, 0.05) is 19.7 Å². The Morgan fingerprint density at radius 2 is 2.10 bits per heavy atom. The highest BCUT2D eigenvalue weighted by Crippen LogP contribution is 2.06. The van der Waals surface area contributed by atoms with Crippen molar-refractivity contribution in [1.82, 2.24) is 10.6 Å². The molecule has 0 spiro atoms. The van der Waals surface area contributed by atoms with Gasteiger partial charge >= 0.3 is 0 Å². The minimum absolute atomic E-state index is 0. The molecule has 0 bridgehead atoms. The van der Waals surface area contributed by atoms with E-state index in [2.05, 4.69) is 10.6 Å². The zero-order valence-electron chi connectivity index (χ0n) is 12.3. The molecule has 5 nitrogen and oxygen atoms in total. The molecule has 1 atom stereocenters. The van der Waals surface area contributed by atoms with Gasteiger partial charge in [0.05, 0.1) is 19.8 Å². The molecule has 0 saturated carbocycles. The fourth-order valence-corrected chi connectivity index (χ4v) is 2.02. The topological polar surface area (TPSA) is 59.6 Å². The maximum atomic E-state index is 11.9. The van der Waals surface area contributed by atoms with E-state index in [9.17, 15) is 4.79 Å². The number of halogens is 1. The van der Waals surface area contributed by atoms with Crippen LogP contribution in [0.4, 0.5) is 0 Å². The molecule has 1 aromatic rings. The summed E-state index contributed by atoms with van der Waals surface area (Å²) in [4.78, 5) is 11.9. The Morgan fingerprint density at radius 1 is 1.38 bits per heavy atom. The summed E-state index contributed by atoms with van der Waals surface area (Å²) in [6, 6.07) is 7.85. The van der Waals surface area contributed by atoms with E-state index in [4.69, 9.17) is 9.47 Å². The summed E-state index contributed by atoms with van der Waals surface area (Å²) in [6.07, 6.45) is 0. The third-order valence-electron chi connectivity index (χ3n) is 3.20. The number of nitrogens with one attached hydrogen (secondary N) is 2. The number of hydrogen-bond acceptors (Lipinski definition) is 4. The van der Waals surface area contributed by atoms with Gasteiger partial charge < -0.3 is 20.1 Å². The van der Waals surface area contributed by atoms with Crippen molar-refractivity contribution >= 4 is 18.3 Å². The first-order valence-electron chi connectivity index (χ1n) is 7.04. The molecule has 1 saturated heterocycles. The van der Waals surface area contributed by atoms with Gasteiger partial charge in [-0.3, -0.25) is 4.79 Å². The standard InChI is InChI=1S/C15H22N2O3.ClH/c1-2-19-10-13-5-3-12(4-6-13)9-17-15(18)14-11-20-8-7-16-14;/h3-6,14,16H,2,7-11H2,1H3,(H,17,18);1H. The molecule has 0 aromatic heterocycles. The number of carbonyl (C=O) groups is 1. The minimum Gasteiger partial charge on any atom is -0.378 e. The van der Waals surface area contributed by atoms with Crippen LogP contribution >= 0.6 is 12.4 Å². The van der Waals surface area contributed by atoms with Crippen LogP contribution < -0.4 is 10.6 Å². The van der Waals surface area contributed by atoms with Crippen molar-refractivity contribution in [3.63, 3.8) is 0 Å². The Morgan fingerprint density at radius 3 is 2.71 bits per heavy atom. The van der Waals surface area contributed by atoms with Gasteiger partial charge in [0.25, 0.3) is 0 Å². The van der Waals surface area contributed by atoms with E-state index in [0.717, 1.165) is 17.7 Å². The first kappa shape index (κ1) is 17.9. The van der Waals surface area contributed by atoms with Crippen molar-refractivity contribution in [3.8, 4) is 0 Å². The normalized spacial score (nSPS) is 17.9. The highest BCUT2D eigenvalue weighted by Gasteiger charge is 2.20. The second-order valence-corrected chi connectivity index (χ2v) is 4.75. The lowest BCUT2D eigenvalue weighted by atomic mass is 10.1. The Kier molecular flexibility index (Phi) is 8.30. The summed E-state index contributed by atoms with van der Waals surface area (Å²) < 4.78 is 10.6. The van der Waals surface area contributed by atoms with Crippen molar-refractivity contribution in [2.45, 2.75) is 26.1 Å². The summed E-state index contributed by atoms with van der Waals surface area (Å²) in [5, 5.41) is 6.05. The number of carbonyl (C=O) groups excluding carboxylic acids is 1. The molecule has 0 aliphatic carbocycles. The lowest BCUT2D eigenvalue weighted by Crippen LogP contribution is -2.51. The number of ether oxygens (including phenoxy) is 2. The fraction of sp³-hybridized carbons (Fsp3) is 0.533. The van der Waals surface area contributed by atoms with E-state index in [-0.39, 0.29) is 24.4 Å². The van der Waals surface area contributed by atoms with Crippen LogP contribution in [0.2, 0.25) is 0 Å². The largest absolute Gasteiger partial charge is 0.378 e. The van der Waals surface area contributed by atoms with Crippen LogP contribution in [0.3, 0.4) is 0 Å². The SMILES string of the molecule is CCOCc1ccc(CNC(=O)C2COCCN2)cc1.Cl. The van der Waals surface area contributed by atoms with Gasteiger partial charge in [0.15, 0.2) is 0 Å². The highest BCUT2D eigenvalue weighted by atomic mass is 35.5. The lowest BCUT2D eigenvalue weighted by Gasteiger charge is -2.22. The molecule has 1 heterocycles. The third kappa shape index (κ3) is 6.01. The number of amides is 1. The molecule has 1 amide bonds. The molecule has 6 heteroatoms. The van der Waals surface area contributed by atoms with Crippen molar-refractivity contribution in [2.75, 3.05) is 26.4 Å². The Balaban J connectivity index is 0.00000220. The summed E-state index contributed by atoms with van der Waals surface area (Å²) in [7, 11) is 0. The van der Waals surface area contributed by atoms with E-state index in [1.165, 1.54) is 0 Å². The Hall–Kier alpha value is -1.14. The third-order valence-corrected chi connectivity index (χ3v) is 3.20. The van der Waals surface area contributed by atoms with Gasteiger partial charge in [-0.05, 0) is 18.1 Å². The quantitative estimate of drug-likeness (QED) is 0.829. The van der Waals surface area contributed by atoms with E-state index in [1.54, 1.807) is 0 Å². The first-order chi connectivity index (χ1) is 9.79. The number of hydrogen-bond donors (Lipinski definition) is 2. The van der Waals surface area contributed by atoms with E-state index < -0.39 is 0 Å². The predicted octanol–water partition coefficient (Wildman–Crippen LogP) is 1.25. The Labute approximate surface area is 131 Å². The average molecular weight is 315 g/mol. The van der Waals surface area contributed by atoms with Crippen molar-refractivity contribution in [2.24, 2.45) is 0 Å². The van der Waals surface area contributed by atoms with Crippen LogP contribution in [-0.4, -0.2) is 38.3 Å². The molecule has 0 radical (unpaired) electrons. The van der Waals surface area contributed by atoms with E-state index in [1.807, 2.05) is 31.2 Å². The molecular formula is C15H23ClN2O3. The first-order valence-corrected chi connectivity index (χ1v) is 7.04.